The minimum atomic E-state index is -0.440. The Morgan fingerprint density at radius 1 is 1.17 bits per heavy atom. The lowest BCUT2D eigenvalue weighted by Crippen LogP contribution is -1.91. The van der Waals surface area contributed by atoms with Gasteiger partial charge in [0, 0.05) is 11.3 Å². The van der Waals surface area contributed by atoms with Crippen LogP contribution in [0.5, 0.6) is 0 Å². The highest BCUT2D eigenvalue weighted by Gasteiger charge is 2.25. The second-order valence-electron chi connectivity index (χ2n) is 5.66. The van der Waals surface area contributed by atoms with E-state index in [0.29, 0.717) is 0 Å². The van der Waals surface area contributed by atoms with Gasteiger partial charge < -0.3 is 0 Å². The number of carbonyl (C=O) groups excluding carboxylic acids is 1. The number of rotatable bonds is 4. The Bertz CT molecular complexity index is 866. The third-order valence-electron chi connectivity index (χ3n) is 4.20. The highest BCUT2D eigenvalue weighted by molar-refractivity contribution is 7.98. The fourth-order valence-corrected chi connectivity index (χ4v) is 3.53. The van der Waals surface area contributed by atoms with Crippen molar-refractivity contribution < 1.29 is 9.18 Å². The molecular formula is C20H16ClFOS. The summed E-state index contributed by atoms with van der Waals surface area (Å²) in [6.07, 6.45) is 4.21. The lowest BCUT2D eigenvalue weighted by Gasteiger charge is -2.05. The molecule has 0 radical (unpaired) electrons. The van der Waals surface area contributed by atoms with Gasteiger partial charge in [-0.1, -0.05) is 18.2 Å². The molecule has 1 aliphatic rings. The van der Waals surface area contributed by atoms with Crippen molar-refractivity contribution >= 4 is 45.8 Å². The molecule has 0 fully saturated rings. The summed E-state index contributed by atoms with van der Waals surface area (Å²) >= 11 is 7.28. The molecule has 24 heavy (non-hydrogen) atoms. The number of allylic oxidation sites excluding steroid dienone is 3. The predicted molar refractivity (Wildman–Crippen MR) is 101 cm³/mol. The van der Waals surface area contributed by atoms with Crippen LogP contribution in [0, 0.1) is 5.82 Å². The van der Waals surface area contributed by atoms with Crippen LogP contribution in [0.2, 0.25) is 0 Å². The summed E-state index contributed by atoms with van der Waals surface area (Å²) in [6.45, 7) is 1.95. The summed E-state index contributed by atoms with van der Waals surface area (Å²) in [5, 5.41) is -0.440. The third-order valence-corrected chi connectivity index (χ3v) is 5.07. The Labute approximate surface area is 150 Å². The van der Waals surface area contributed by atoms with Crippen LogP contribution in [0.1, 0.15) is 30.0 Å². The fraction of sp³-hybridized carbons (Fsp3) is 0.150. The molecule has 0 unspecified atom stereocenters. The largest absolute Gasteiger partial charge is 0.281 e. The summed E-state index contributed by atoms with van der Waals surface area (Å²) in [4.78, 5) is 12.6. The van der Waals surface area contributed by atoms with E-state index >= 15 is 0 Å². The molecule has 0 saturated carbocycles. The van der Waals surface area contributed by atoms with Gasteiger partial charge in [0.25, 0.3) is 0 Å². The zero-order chi connectivity index (χ0) is 17.3. The monoisotopic (exact) mass is 358 g/mol. The lowest BCUT2D eigenvalue weighted by atomic mass is 10.0. The van der Waals surface area contributed by atoms with Crippen molar-refractivity contribution in [3.05, 3.63) is 70.5 Å². The average molecular weight is 359 g/mol. The molecule has 0 aliphatic heterocycles. The maximum Gasteiger partial charge on any atom is 0.226 e. The van der Waals surface area contributed by atoms with E-state index < -0.39 is 5.24 Å². The Balaban J connectivity index is 2.11. The topological polar surface area (TPSA) is 17.1 Å². The Hall–Kier alpha value is -1.84. The van der Waals surface area contributed by atoms with Crippen molar-refractivity contribution in [2.45, 2.75) is 18.2 Å². The zero-order valence-electron chi connectivity index (χ0n) is 13.4. The lowest BCUT2D eigenvalue weighted by molar-refractivity contribution is -0.110. The fourth-order valence-electron chi connectivity index (χ4n) is 2.99. The van der Waals surface area contributed by atoms with Crippen molar-refractivity contribution in [3.63, 3.8) is 0 Å². The summed E-state index contributed by atoms with van der Waals surface area (Å²) in [5.41, 5.74) is 5.55. The van der Waals surface area contributed by atoms with E-state index in [1.165, 1.54) is 17.0 Å². The highest BCUT2D eigenvalue weighted by Crippen LogP contribution is 2.44. The van der Waals surface area contributed by atoms with Gasteiger partial charge >= 0.3 is 0 Å². The van der Waals surface area contributed by atoms with Gasteiger partial charge in [0.2, 0.25) is 5.24 Å². The van der Waals surface area contributed by atoms with Gasteiger partial charge in [0.05, 0.1) is 0 Å². The van der Waals surface area contributed by atoms with Crippen LogP contribution < -0.4 is 0 Å². The van der Waals surface area contributed by atoms with Crippen molar-refractivity contribution in [2.24, 2.45) is 0 Å². The van der Waals surface area contributed by atoms with E-state index in [4.69, 9.17) is 11.6 Å². The number of halogens is 2. The average Bonchev–Trinajstić information content (AvgIpc) is 2.80. The minimum absolute atomic E-state index is 0.104. The third kappa shape index (κ3) is 3.33. The molecule has 4 heteroatoms. The van der Waals surface area contributed by atoms with Crippen LogP contribution in [0.25, 0.3) is 17.2 Å². The van der Waals surface area contributed by atoms with E-state index in [1.54, 1.807) is 17.8 Å². The van der Waals surface area contributed by atoms with Gasteiger partial charge in [-0.2, -0.15) is 0 Å². The van der Waals surface area contributed by atoms with E-state index in [0.717, 1.165) is 33.4 Å². The Kier molecular flexibility index (Phi) is 4.93. The molecule has 1 aliphatic carbocycles. The van der Waals surface area contributed by atoms with Gasteiger partial charge in [-0.05, 0) is 88.5 Å². The number of benzene rings is 2. The maximum absolute atomic E-state index is 13.7. The zero-order valence-corrected chi connectivity index (χ0v) is 15.0. The summed E-state index contributed by atoms with van der Waals surface area (Å²) in [5.74, 6) is -0.313. The van der Waals surface area contributed by atoms with Crippen LogP contribution in [-0.4, -0.2) is 11.5 Å². The standard InChI is InChI=1S/C20H16ClFOS/c1-12-17(9-13-3-6-15(24-2)7-4-13)16-8-5-14(22)10-19(16)18(12)11-20(21)23/h3-10H,11H2,1-2H3. The quantitative estimate of drug-likeness (QED) is 0.490. The molecule has 1 nitrogen and oxygen atoms in total. The second kappa shape index (κ2) is 6.96. The van der Waals surface area contributed by atoms with Crippen molar-refractivity contribution in [2.75, 3.05) is 6.26 Å². The predicted octanol–water partition coefficient (Wildman–Crippen LogP) is 6.03. The second-order valence-corrected chi connectivity index (χ2v) is 6.96. The molecule has 0 spiro atoms. The van der Waals surface area contributed by atoms with Gasteiger partial charge in [-0.25, -0.2) is 4.39 Å². The SMILES string of the molecule is CSc1ccc(C=C2C(C)=C(CC(=O)Cl)c3cc(F)ccc32)cc1. The smallest absolute Gasteiger partial charge is 0.226 e. The first-order valence-electron chi connectivity index (χ1n) is 7.54. The van der Waals surface area contributed by atoms with Crippen LogP contribution in [0.4, 0.5) is 4.39 Å². The van der Waals surface area contributed by atoms with Crippen LogP contribution >= 0.6 is 23.4 Å². The molecule has 2 aromatic rings. The molecular weight excluding hydrogens is 343 g/mol. The number of carbonyl (C=O) groups is 1. The number of fused-ring (bicyclic) bond motifs is 1. The minimum Gasteiger partial charge on any atom is -0.281 e. The van der Waals surface area contributed by atoms with Gasteiger partial charge in [0.1, 0.15) is 5.82 Å². The maximum atomic E-state index is 13.7. The van der Waals surface area contributed by atoms with Crippen LogP contribution in [0.15, 0.2) is 52.9 Å². The molecule has 122 valence electrons. The van der Waals surface area contributed by atoms with E-state index in [2.05, 4.69) is 30.3 Å². The molecule has 0 atom stereocenters. The molecule has 3 rings (SSSR count). The van der Waals surface area contributed by atoms with Crippen LogP contribution in [-0.2, 0) is 4.79 Å². The molecule has 0 saturated heterocycles. The molecule has 0 N–H and O–H groups in total. The van der Waals surface area contributed by atoms with Gasteiger partial charge in [-0.3, -0.25) is 4.79 Å². The molecule has 2 aromatic carbocycles. The van der Waals surface area contributed by atoms with E-state index in [9.17, 15) is 9.18 Å². The number of hydrogen-bond donors (Lipinski definition) is 0. The Morgan fingerprint density at radius 3 is 2.50 bits per heavy atom. The van der Waals surface area contributed by atoms with E-state index in [-0.39, 0.29) is 12.2 Å². The molecule has 0 heterocycles. The van der Waals surface area contributed by atoms with Gasteiger partial charge in [-0.15, -0.1) is 11.8 Å². The summed E-state index contributed by atoms with van der Waals surface area (Å²) in [6, 6.07) is 12.9. The van der Waals surface area contributed by atoms with Crippen molar-refractivity contribution in [1.82, 2.24) is 0 Å². The molecule has 0 amide bonds. The van der Waals surface area contributed by atoms with E-state index in [1.807, 2.05) is 13.2 Å². The summed E-state index contributed by atoms with van der Waals surface area (Å²) < 4.78 is 13.7. The first-order chi connectivity index (χ1) is 11.5. The number of thioether (sulfide) groups is 1. The first-order valence-corrected chi connectivity index (χ1v) is 9.14. The van der Waals surface area contributed by atoms with Crippen molar-refractivity contribution in [1.29, 1.82) is 0 Å². The normalized spacial score (nSPS) is 15.1. The Morgan fingerprint density at radius 2 is 1.88 bits per heavy atom. The molecule has 0 aromatic heterocycles. The van der Waals surface area contributed by atoms with Gasteiger partial charge in [0.15, 0.2) is 0 Å². The number of hydrogen-bond acceptors (Lipinski definition) is 2. The summed E-state index contributed by atoms with van der Waals surface area (Å²) in [7, 11) is 0. The molecule has 0 bridgehead atoms. The highest BCUT2D eigenvalue weighted by atomic mass is 35.5. The first kappa shape index (κ1) is 17.0. The van der Waals surface area contributed by atoms with Crippen molar-refractivity contribution in [3.8, 4) is 0 Å². The van der Waals surface area contributed by atoms with Crippen LogP contribution in [0.3, 0.4) is 0 Å².